The van der Waals surface area contributed by atoms with Gasteiger partial charge in [0.1, 0.15) is 5.75 Å². The van der Waals surface area contributed by atoms with Crippen LogP contribution < -0.4 is 11.1 Å². The van der Waals surface area contributed by atoms with Crippen LogP contribution in [0.1, 0.15) is 18.4 Å². The van der Waals surface area contributed by atoms with Crippen LogP contribution in [0.25, 0.3) is 0 Å². The normalized spacial score (nSPS) is 25.6. The lowest BCUT2D eigenvalue weighted by atomic mass is 9.87. The molecule has 0 radical (unpaired) electrons. The van der Waals surface area contributed by atoms with Crippen molar-refractivity contribution >= 4 is 5.69 Å². The van der Waals surface area contributed by atoms with Gasteiger partial charge in [-0.25, -0.2) is 0 Å². The van der Waals surface area contributed by atoms with Gasteiger partial charge in [-0.1, -0.05) is 0 Å². The molecule has 1 aliphatic rings. The summed E-state index contributed by atoms with van der Waals surface area (Å²) in [6.07, 6.45) is 2.08. The van der Waals surface area contributed by atoms with Gasteiger partial charge in [-0.2, -0.15) is 0 Å². The summed E-state index contributed by atoms with van der Waals surface area (Å²) < 4.78 is 0. The zero-order valence-electron chi connectivity index (χ0n) is 8.33. The van der Waals surface area contributed by atoms with Crippen molar-refractivity contribution in [2.24, 2.45) is 5.73 Å². The van der Waals surface area contributed by atoms with E-state index in [4.69, 9.17) is 5.73 Å². The van der Waals surface area contributed by atoms with Gasteiger partial charge in [-0.15, -0.1) is 0 Å². The largest absolute Gasteiger partial charge is 0.508 e. The molecule has 0 aliphatic heterocycles. The maximum atomic E-state index is 9.34. The Morgan fingerprint density at radius 2 is 2.14 bits per heavy atom. The van der Waals surface area contributed by atoms with E-state index in [1.807, 2.05) is 19.1 Å². The predicted octanol–water partition coefficient (Wildman–Crippen LogP) is 1.60. The second-order valence-corrected chi connectivity index (χ2v) is 4.07. The number of aryl methyl sites for hydroxylation is 1. The predicted molar refractivity (Wildman–Crippen MR) is 57.5 cm³/mol. The van der Waals surface area contributed by atoms with Crippen LogP contribution in [0.5, 0.6) is 5.75 Å². The van der Waals surface area contributed by atoms with Crippen molar-refractivity contribution in [1.29, 1.82) is 0 Å². The van der Waals surface area contributed by atoms with Gasteiger partial charge in [-0.05, 0) is 43.5 Å². The van der Waals surface area contributed by atoms with Crippen LogP contribution in [-0.4, -0.2) is 17.2 Å². The molecular weight excluding hydrogens is 176 g/mol. The van der Waals surface area contributed by atoms with Crippen molar-refractivity contribution in [3.63, 3.8) is 0 Å². The number of hydrogen-bond acceptors (Lipinski definition) is 3. The van der Waals surface area contributed by atoms with Crippen molar-refractivity contribution in [3.05, 3.63) is 23.8 Å². The number of nitrogens with two attached hydrogens (primary N) is 1. The summed E-state index contributed by atoms with van der Waals surface area (Å²) >= 11 is 0. The smallest absolute Gasteiger partial charge is 0.118 e. The van der Waals surface area contributed by atoms with Gasteiger partial charge in [0, 0.05) is 17.8 Å². The number of aromatic hydroxyl groups is 1. The first-order valence-corrected chi connectivity index (χ1v) is 4.97. The summed E-state index contributed by atoms with van der Waals surface area (Å²) in [5, 5.41) is 12.7. The molecule has 1 fully saturated rings. The van der Waals surface area contributed by atoms with Crippen LogP contribution in [-0.2, 0) is 0 Å². The highest BCUT2D eigenvalue weighted by Crippen LogP contribution is 2.25. The molecule has 4 N–H and O–H groups in total. The number of nitrogens with one attached hydrogen (secondary N) is 1. The van der Waals surface area contributed by atoms with E-state index in [9.17, 15) is 5.11 Å². The quantitative estimate of drug-likeness (QED) is 0.624. The Balaban J connectivity index is 2.00. The van der Waals surface area contributed by atoms with Gasteiger partial charge in [0.25, 0.3) is 0 Å². The first-order valence-electron chi connectivity index (χ1n) is 4.97. The Morgan fingerprint density at radius 3 is 2.71 bits per heavy atom. The first-order chi connectivity index (χ1) is 6.65. The molecule has 3 nitrogen and oxygen atoms in total. The first kappa shape index (κ1) is 9.34. The van der Waals surface area contributed by atoms with Crippen LogP contribution in [0.15, 0.2) is 18.2 Å². The molecule has 1 saturated carbocycles. The molecule has 2 rings (SSSR count). The highest BCUT2D eigenvalue weighted by Gasteiger charge is 2.25. The number of benzene rings is 1. The lowest BCUT2D eigenvalue weighted by Crippen LogP contribution is -2.44. The van der Waals surface area contributed by atoms with Crippen molar-refractivity contribution in [2.45, 2.75) is 31.8 Å². The molecule has 0 spiro atoms. The fourth-order valence-corrected chi connectivity index (χ4v) is 1.76. The molecule has 0 amide bonds. The Hall–Kier alpha value is -1.22. The van der Waals surface area contributed by atoms with Crippen LogP contribution in [0.3, 0.4) is 0 Å². The van der Waals surface area contributed by atoms with Crippen molar-refractivity contribution < 1.29 is 5.11 Å². The maximum Gasteiger partial charge on any atom is 0.118 e. The summed E-state index contributed by atoms with van der Waals surface area (Å²) in [6, 6.07) is 6.45. The highest BCUT2D eigenvalue weighted by atomic mass is 16.3. The van der Waals surface area contributed by atoms with E-state index in [0.717, 1.165) is 24.1 Å². The third kappa shape index (κ3) is 1.82. The molecular formula is C11H16N2O. The van der Waals surface area contributed by atoms with Crippen molar-refractivity contribution in [1.82, 2.24) is 0 Å². The summed E-state index contributed by atoms with van der Waals surface area (Å²) in [7, 11) is 0. The minimum atomic E-state index is 0.348. The van der Waals surface area contributed by atoms with E-state index in [1.165, 1.54) is 0 Å². The van der Waals surface area contributed by atoms with E-state index in [1.54, 1.807) is 6.07 Å². The van der Waals surface area contributed by atoms with E-state index < -0.39 is 0 Å². The number of rotatable bonds is 2. The van der Waals surface area contributed by atoms with Crippen molar-refractivity contribution in [2.75, 3.05) is 5.32 Å². The van der Waals surface area contributed by atoms with Gasteiger partial charge in [0.05, 0.1) is 0 Å². The summed E-state index contributed by atoms with van der Waals surface area (Å²) in [4.78, 5) is 0. The highest BCUT2D eigenvalue weighted by molar-refractivity contribution is 5.51. The third-order valence-electron chi connectivity index (χ3n) is 2.74. The minimum Gasteiger partial charge on any atom is -0.508 e. The summed E-state index contributed by atoms with van der Waals surface area (Å²) in [5.74, 6) is 0.348. The van der Waals surface area contributed by atoms with Gasteiger partial charge >= 0.3 is 0 Å². The van der Waals surface area contributed by atoms with Crippen LogP contribution >= 0.6 is 0 Å². The van der Waals surface area contributed by atoms with Crippen LogP contribution in [0, 0.1) is 6.92 Å². The second-order valence-electron chi connectivity index (χ2n) is 4.07. The van der Waals surface area contributed by atoms with E-state index in [2.05, 4.69) is 5.32 Å². The Labute approximate surface area is 83.9 Å². The molecule has 0 aromatic heterocycles. The molecule has 1 aliphatic carbocycles. The van der Waals surface area contributed by atoms with E-state index >= 15 is 0 Å². The molecule has 0 atom stereocenters. The monoisotopic (exact) mass is 192 g/mol. The zero-order chi connectivity index (χ0) is 10.1. The molecule has 1 aromatic carbocycles. The second kappa shape index (κ2) is 3.50. The Kier molecular flexibility index (Phi) is 2.33. The topological polar surface area (TPSA) is 58.3 Å². The van der Waals surface area contributed by atoms with E-state index in [0.29, 0.717) is 17.8 Å². The van der Waals surface area contributed by atoms with Gasteiger partial charge in [0.2, 0.25) is 0 Å². The lowest BCUT2D eigenvalue weighted by molar-refractivity contribution is 0.373. The van der Waals surface area contributed by atoms with E-state index in [-0.39, 0.29) is 0 Å². The van der Waals surface area contributed by atoms with Gasteiger partial charge in [0.15, 0.2) is 0 Å². The fourth-order valence-electron chi connectivity index (χ4n) is 1.76. The lowest BCUT2D eigenvalue weighted by Gasteiger charge is -2.33. The molecule has 76 valence electrons. The molecule has 3 heteroatoms. The molecule has 0 heterocycles. The summed E-state index contributed by atoms with van der Waals surface area (Å²) in [6.45, 7) is 1.90. The molecule has 0 saturated heterocycles. The average molecular weight is 192 g/mol. The summed E-state index contributed by atoms with van der Waals surface area (Å²) in [5.41, 5.74) is 7.66. The molecule has 0 bridgehead atoms. The van der Waals surface area contributed by atoms with Gasteiger partial charge in [-0.3, -0.25) is 0 Å². The standard InChI is InChI=1S/C11H16N2O/c1-7-4-9(2-3-11(7)14)13-10-5-8(12)6-10/h2-4,8,10,13-14H,5-6,12H2,1H3. The van der Waals surface area contributed by atoms with Crippen LogP contribution in [0.4, 0.5) is 5.69 Å². The Bertz CT molecular complexity index is 332. The number of phenolic OH excluding ortho intramolecular Hbond substituents is 1. The van der Waals surface area contributed by atoms with Crippen molar-refractivity contribution in [3.8, 4) is 5.75 Å². The number of hydrogen-bond donors (Lipinski definition) is 3. The van der Waals surface area contributed by atoms with Gasteiger partial charge < -0.3 is 16.2 Å². The fraction of sp³-hybridized carbons (Fsp3) is 0.455. The van der Waals surface area contributed by atoms with Crippen LogP contribution in [0.2, 0.25) is 0 Å². The average Bonchev–Trinajstić information content (AvgIpc) is 2.09. The molecule has 14 heavy (non-hydrogen) atoms. The molecule has 0 unspecified atom stereocenters. The minimum absolute atomic E-state index is 0.348. The third-order valence-corrected chi connectivity index (χ3v) is 2.74. The Morgan fingerprint density at radius 1 is 1.43 bits per heavy atom. The SMILES string of the molecule is Cc1cc(NC2CC(N)C2)ccc1O. The number of phenols is 1. The number of anilines is 1. The molecule has 1 aromatic rings. The maximum absolute atomic E-state index is 9.34. The zero-order valence-corrected chi connectivity index (χ0v) is 8.33.